The second-order valence-electron chi connectivity index (χ2n) is 5.57. The SMILES string of the molecule is COc1ccc2nc(Cl)c(/C=N/Nc3nc(-c4ccncc4)cs3)cc2c1. The van der Waals surface area contributed by atoms with Crippen LogP contribution in [0.1, 0.15) is 5.56 Å². The first-order valence-corrected chi connectivity index (χ1v) is 9.28. The van der Waals surface area contributed by atoms with E-state index in [4.69, 9.17) is 16.3 Å². The Hall–Kier alpha value is -3.03. The molecule has 0 aliphatic carbocycles. The van der Waals surface area contributed by atoms with Crippen molar-refractivity contribution in [3.8, 4) is 17.0 Å². The average Bonchev–Trinajstić information content (AvgIpc) is 3.18. The zero-order chi connectivity index (χ0) is 18.6. The second kappa shape index (κ2) is 7.69. The molecule has 27 heavy (non-hydrogen) atoms. The molecule has 0 spiro atoms. The van der Waals surface area contributed by atoms with E-state index in [0.717, 1.165) is 27.9 Å². The van der Waals surface area contributed by atoms with Gasteiger partial charge in [-0.3, -0.25) is 10.4 Å². The summed E-state index contributed by atoms with van der Waals surface area (Å²) in [5, 5.41) is 8.19. The lowest BCUT2D eigenvalue weighted by molar-refractivity contribution is 0.415. The summed E-state index contributed by atoms with van der Waals surface area (Å²) in [5.74, 6) is 0.763. The Labute approximate surface area is 164 Å². The Kier molecular flexibility index (Phi) is 4.95. The van der Waals surface area contributed by atoms with Gasteiger partial charge in [-0.2, -0.15) is 5.10 Å². The fourth-order valence-corrected chi connectivity index (χ4v) is 3.37. The molecule has 0 unspecified atom stereocenters. The van der Waals surface area contributed by atoms with Gasteiger partial charge in [-0.25, -0.2) is 9.97 Å². The number of fused-ring (bicyclic) bond motifs is 1. The Balaban J connectivity index is 1.53. The van der Waals surface area contributed by atoms with E-state index in [-0.39, 0.29) is 0 Å². The number of benzene rings is 1. The highest BCUT2D eigenvalue weighted by atomic mass is 35.5. The number of methoxy groups -OCH3 is 1. The molecule has 3 aromatic heterocycles. The highest BCUT2D eigenvalue weighted by Gasteiger charge is 2.06. The normalized spacial score (nSPS) is 11.2. The predicted molar refractivity (Wildman–Crippen MR) is 110 cm³/mol. The maximum absolute atomic E-state index is 6.26. The third-order valence-corrected chi connectivity index (χ3v) is 4.90. The molecule has 134 valence electrons. The second-order valence-corrected chi connectivity index (χ2v) is 6.79. The van der Waals surface area contributed by atoms with Crippen LogP contribution in [0.15, 0.2) is 59.3 Å². The van der Waals surface area contributed by atoms with Crippen molar-refractivity contribution in [3.05, 3.63) is 64.9 Å². The number of hydrogen-bond acceptors (Lipinski definition) is 7. The first-order chi connectivity index (χ1) is 13.2. The van der Waals surface area contributed by atoms with Crippen LogP contribution < -0.4 is 10.2 Å². The number of thiazole rings is 1. The van der Waals surface area contributed by atoms with E-state index in [9.17, 15) is 0 Å². The number of pyridine rings is 2. The van der Waals surface area contributed by atoms with Gasteiger partial charge in [-0.15, -0.1) is 11.3 Å². The van der Waals surface area contributed by atoms with Crippen molar-refractivity contribution in [3.63, 3.8) is 0 Å². The van der Waals surface area contributed by atoms with Crippen LogP contribution in [0.25, 0.3) is 22.2 Å². The van der Waals surface area contributed by atoms with Gasteiger partial charge in [-0.1, -0.05) is 11.6 Å². The third kappa shape index (κ3) is 3.89. The van der Waals surface area contributed by atoms with Gasteiger partial charge < -0.3 is 4.74 Å². The Bertz CT molecular complexity index is 1110. The maximum Gasteiger partial charge on any atom is 0.203 e. The number of nitrogens with zero attached hydrogens (tertiary/aromatic N) is 4. The van der Waals surface area contributed by atoms with E-state index in [2.05, 4.69) is 25.5 Å². The molecular weight excluding hydrogens is 382 g/mol. The highest BCUT2D eigenvalue weighted by Crippen LogP contribution is 2.25. The summed E-state index contributed by atoms with van der Waals surface area (Å²) < 4.78 is 5.25. The lowest BCUT2D eigenvalue weighted by atomic mass is 10.1. The molecule has 4 aromatic rings. The Morgan fingerprint density at radius 2 is 2.00 bits per heavy atom. The van der Waals surface area contributed by atoms with E-state index in [0.29, 0.717) is 15.8 Å². The van der Waals surface area contributed by atoms with Crippen LogP contribution in [0.4, 0.5) is 5.13 Å². The number of rotatable bonds is 5. The fourth-order valence-electron chi connectivity index (χ4n) is 2.50. The van der Waals surface area contributed by atoms with Gasteiger partial charge in [0.05, 0.1) is 24.5 Å². The molecule has 1 aromatic carbocycles. The zero-order valence-electron chi connectivity index (χ0n) is 14.3. The summed E-state index contributed by atoms with van der Waals surface area (Å²) in [6, 6.07) is 11.4. The van der Waals surface area contributed by atoms with Crippen LogP contribution in [0.5, 0.6) is 5.75 Å². The average molecular weight is 396 g/mol. The highest BCUT2D eigenvalue weighted by molar-refractivity contribution is 7.14. The van der Waals surface area contributed by atoms with Gasteiger partial charge in [0.25, 0.3) is 0 Å². The summed E-state index contributed by atoms with van der Waals surface area (Å²) in [7, 11) is 1.63. The molecule has 0 saturated heterocycles. The molecule has 0 aliphatic rings. The number of anilines is 1. The first kappa shape index (κ1) is 17.4. The molecule has 8 heteroatoms. The van der Waals surface area contributed by atoms with Crippen molar-refractivity contribution < 1.29 is 4.74 Å². The Morgan fingerprint density at radius 3 is 2.81 bits per heavy atom. The number of ether oxygens (including phenoxy) is 1. The smallest absolute Gasteiger partial charge is 0.203 e. The van der Waals surface area contributed by atoms with Gasteiger partial charge in [0.2, 0.25) is 5.13 Å². The quantitative estimate of drug-likeness (QED) is 0.297. The maximum atomic E-state index is 6.26. The van der Waals surface area contributed by atoms with Gasteiger partial charge in [0, 0.05) is 34.3 Å². The van der Waals surface area contributed by atoms with E-state index in [1.54, 1.807) is 25.7 Å². The van der Waals surface area contributed by atoms with E-state index in [1.807, 2.05) is 41.8 Å². The molecule has 0 amide bonds. The van der Waals surface area contributed by atoms with Crippen LogP contribution in [0.2, 0.25) is 5.15 Å². The molecule has 0 fully saturated rings. The largest absolute Gasteiger partial charge is 0.497 e. The Morgan fingerprint density at radius 1 is 1.15 bits per heavy atom. The molecule has 0 aliphatic heterocycles. The number of aromatic nitrogens is 3. The van der Waals surface area contributed by atoms with E-state index >= 15 is 0 Å². The van der Waals surface area contributed by atoms with Gasteiger partial charge in [0.15, 0.2) is 0 Å². The number of halogens is 1. The zero-order valence-corrected chi connectivity index (χ0v) is 15.8. The van der Waals surface area contributed by atoms with Crippen molar-refractivity contribution in [2.75, 3.05) is 12.5 Å². The van der Waals surface area contributed by atoms with Crippen LogP contribution in [-0.2, 0) is 0 Å². The lowest BCUT2D eigenvalue weighted by Gasteiger charge is -2.04. The van der Waals surface area contributed by atoms with Gasteiger partial charge in [0.1, 0.15) is 10.9 Å². The van der Waals surface area contributed by atoms with Crippen LogP contribution in [-0.4, -0.2) is 28.3 Å². The van der Waals surface area contributed by atoms with E-state index < -0.39 is 0 Å². The van der Waals surface area contributed by atoms with Crippen molar-refractivity contribution in [1.29, 1.82) is 0 Å². The molecule has 0 bridgehead atoms. The topological polar surface area (TPSA) is 72.3 Å². The van der Waals surface area contributed by atoms with Gasteiger partial charge in [-0.05, 0) is 36.4 Å². The van der Waals surface area contributed by atoms with Crippen molar-refractivity contribution in [2.24, 2.45) is 5.10 Å². The lowest BCUT2D eigenvalue weighted by Crippen LogP contribution is -1.93. The summed E-state index contributed by atoms with van der Waals surface area (Å²) in [5.41, 5.74) is 6.32. The molecule has 6 nitrogen and oxygen atoms in total. The molecular formula is C19H14ClN5OS. The molecule has 0 atom stereocenters. The van der Waals surface area contributed by atoms with Crippen molar-refractivity contribution in [2.45, 2.75) is 0 Å². The minimum absolute atomic E-state index is 0.384. The summed E-state index contributed by atoms with van der Waals surface area (Å²) >= 11 is 7.73. The van der Waals surface area contributed by atoms with Gasteiger partial charge >= 0.3 is 0 Å². The molecule has 0 saturated carbocycles. The molecule has 4 rings (SSSR count). The monoisotopic (exact) mass is 395 g/mol. The van der Waals surface area contributed by atoms with Crippen LogP contribution in [0.3, 0.4) is 0 Å². The molecule has 1 N–H and O–H groups in total. The number of hydrazone groups is 1. The predicted octanol–water partition coefficient (Wildman–Crippen LogP) is 4.86. The van der Waals surface area contributed by atoms with Crippen LogP contribution in [0, 0.1) is 0 Å². The molecule has 3 heterocycles. The fraction of sp³-hybridized carbons (Fsp3) is 0.0526. The van der Waals surface area contributed by atoms with Crippen molar-refractivity contribution >= 4 is 45.2 Å². The minimum Gasteiger partial charge on any atom is -0.497 e. The molecule has 0 radical (unpaired) electrons. The van der Waals surface area contributed by atoms with E-state index in [1.165, 1.54) is 11.3 Å². The summed E-state index contributed by atoms with van der Waals surface area (Å²) in [6.45, 7) is 0. The number of nitrogens with one attached hydrogen (secondary N) is 1. The number of hydrogen-bond donors (Lipinski definition) is 1. The summed E-state index contributed by atoms with van der Waals surface area (Å²) in [6.07, 6.45) is 5.11. The summed E-state index contributed by atoms with van der Waals surface area (Å²) in [4.78, 5) is 12.9. The van der Waals surface area contributed by atoms with Crippen molar-refractivity contribution in [1.82, 2.24) is 15.0 Å². The first-order valence-electron chi connectivity index (χ1n) is 8.02. The van der Waals surface area contributed by atoms with Crippen LogP contribution >= 0.6 is 22.9 Å². The third-order valence-electron chi connectivity index (χ3n) is 3.85. The minimum atomic E-state index is 0.384. The standard InChI is InChI=1S/C19H14ClN5OS/c1-26-15-2-3-16-13(9-15)8-14(18(20)23-16)10-22-25-19-24-17(11-27-19)12-4-6-21-7-5-12/h2-11H,1H3,(H,24,25)/b22-10+.